The molecule has 1 heterocycles. The van der Waals surface area contributed by atoms with Crippen molar-refractivity contribution in [1.82, 2.24) is 15.1 Å². The van der Waals surface area contributed by atoms with Gasteiger partial charge < -0.3 is 5.32 Å². The smallest absolute Gasteiger partial charge is 0.0625 e. The van der Waals surface area contributed by atoms with Crippen LogP contribution in [0, 0.1) is 11.8 Å². The van der Waals surface area contributed by atoms with E-state index in [1.807, 2.05) is 0 Å². The zero-order chi connectivity index (χ0) is 13.8. The molecule has 3 unspecified atom stereocenters. The highest BCUT2D eigenvalue weighted by molar-refractivity contribution is 5.10. The lowest BCUT2D eigenvalue weighted by Crippen LogP contribution is -2.36. The lowest BCUT2D eigenvalue weighted by atomic mass is 9.79. The van der Waals surface area contributed by atoms with E-state index in [0.717, 1.165) is 31.3 Å². The summed E-state index contributed by atoms with van der Waals surface area (Å²) >= 11 is 0. The average molecular weight is 263 g/mol. The molecular weight excluding hydrogens is 234 g/mol. The minimum atomic E-state index is 0.691. The third-order valence-corrected chi connectivity index (χ3v) is 4.75. The van der Waals surface area contributed by atoms with Crippen LogP contribution in [0.5, 0.6) is 0 Å². The van der Waals surface area contributed by atoms with Crippen molar-refractivity contribution >= 4 is 0 Å². The maximum absolute atomic E-state index is 4.61. The molecule has 0 spiro atoms. The standard InChI is InChI=1S/C16H29N3/c1-5-14-10-16(19(6-2)18-14)11-17-15-8-7-12(3)13(4)9-15/h10,12-13,15,17H,5-9,11H2,1-4H3. The van der Waals surface area contributed by atoms with Crippen molar-refractivity contribution in [3.05, 3.63) is 17.5 Å². The normalized spacial score (nSPS) is 27.7. The summed E-state index contributed by atoms with van der Waals surface area (Å²) in [5, 5.41) is 8.35. The number of nitrogens with one attached hydrogen (secondary N) is 1. The van der Waals surface area contributed by atoms with Crippen molar-refractivity contribution in [2.75, 3.05) is 0 Å². The number of aryl methyl sites for hydroxylation is 2. The molecule has 3 atom stereocenters. The van der Waals surface area contributed by atoms with Gasteiger partial charge in [-0.05, 0) is 50.5 Å². The van der Waals surface area contributed by atoms with E-state index in [-0.39, 0.29) is 0 Å². The Kier molecular flexibility index (Phi) is 5.03. The Hall–Kier alpha value is -0.830. The van der Waals surface area contributed by atoms with Crippen LogP contribution in [0.3, 0.4) is 0 Å². The van der Waals surface area contributed by atoms with Crippen LogP contribution in [0.1, 0.15) is 58.3 Å². The van der Waals surface area contributed by atoms with Crippen molar-refractivity contribution in [2.45, 2.75) is 72.5 Å². The Balaban J connectivity index is 1.90. The minimum absolute atomic E-state index is 0.691. The van der Waals surface area contributed by atoms with Crippen LogP contribution in [0.2, 0.25) is 0 Å². The summed E-state index contributed by atoms with van der Waals surface area (Å²) < 4.78 is 2.14. The van der Waals surface area contributed by atoms with Gasteiger partial charge in [0.2, 0.25) is 0 Å². The molecule has 1 aromatic rings. The average Bonchev–Trinajstić information content (AvgIpc) is 2.82. The monoisotopic (exact) mass is 263 g/mol. The third kappa shape index (κ3) is 3.59. The highest BCUT2D eigenvalue weighted by Gasteiger charge is 2.24. The first-order valence-corrected chi connectivity index (χ1v) is 7.93. The molecule has 3 heteroatoms. The molecule has 0 aliphatic heterocycles. The fraction of sp³-hybridized carbons (Fsp3) is 0.812. The van der Waals surface area contributed by atoms with Gasteiger partial charge in [-0.15, -0.1) is 0 Å². The number of aromatic nitrogens is 2. The molecule has 3 nitrogen and oxygen atoms in total. The molecular formula is C16H29N3. The van der Waals surface area contributed by atoms with Crippen LogP contribution in [0.25, 0.3) is 0 Å². The van der Waals surface area contributed by atoms with Gasteiger partial charge in [0.15, 0.2) is 0 Å². The summed E-state index contributed by atoms with van der Waals surface area (Å²) in [6.45, 7) is 11.1. The number of nitrogens with zero attached hydrogens (tertiary/aromatic N) is 2. The predicted molar refractivity (Wildman–Crippen MR) is 80.1 cm³/mol. The van der Waals surface area contributed by atoms with Crippen molar-refractivity contribution in [3.63, 3.8) is 0 Å². The Morgan fingerprint density at radius 1 is 1.26 bits per heavy atom. The topological polar surface area (TPSA) is 29.9 Å². The summed E-state index contributed by atoms with van der Waals surface area (Å²) in [5.41, 5.74) is 2.55. The predicted octanol–water partition coefficient (Wildman–Crippen LogP) is 3.38. The Bertz CT molecular complexity index is 397. The van der Waals surface area contributed by atoms with Crippen molar-refractivity contribution in [3.8, 4) is 0 Å². The molecule has 2 rings (SSSR count). The number of hydrogen-bond acceptors (Lipinski definition) is 2. The molecule has 1 saturated carbocycles. The molecule has 0 saturated heterocycles. The molecule has 108 valence electrons. The molecule has 0 bridgehead atoms. The van der Waals surface area contributed by atoms with Gasteiger partial charge >= 0.3 is 0 Å². The van der Waals surface area contributed by atoms with E-state index in [9.17, 15) is 0 Å². The molecule has 1 fully saturated rings. The minimum Gasteiger partial charge on any atom is -0.308 e. The van der Waals surface area contributed by atoms with E-state index in [4.69, 9.17) is 0 Å². The second-order valence-corrected chi connectivity index (χ2v) is 6.14. The van der Waals surface area contributed by atoms with Crippen molar-refractivity contribution < 1.29 is 0 Å². The quantitative estimate of drug-likeness (QED) is 0.882. The molecule has 0 amide bonds. The lowest BCUT2D eigenvalue weighted by Gasteiger charge is -2.32. The van der Waals surface area contributed by atoms with Crippen LogP contribution in [0.15, 0.2) is 6.07 Å². The zero-order valence-corrected chi connectivity index (χ0v) is 12.9. The SMILES string of the molecule is CCc1cc(CNC2CCC(C)C(C)C2)n(CC)n1. The second kappa shape index (κ2) is 6.56. The molecule has 1 aliphatic carbocycles. The van der Waals surface area contributed by atoms with E-state index in [1.165, 1.54) is 30.7 Å². The fourth-order valence-electron chi connectivity index (χ4n) is 3.09. The van der Waals surface area contributed by atoms with Crippen LogP contribution in [-0.2, 0) is 19.5 Å². The number of hydrogen-bond donors (Lipinski definition) is 1. The van der Waals surface area contributed by atoms with E-state index in [0.29, 0.717) is 6.04 Å². The summed E-state index contributed by atoms with van der Waals surface area (Å²) in [6.07, 6.45) is 5.04. The lowest BCUT2D eigenvalue weighted by molar-refractivity contribution is 0.224. The van der Waals surface area contributed by atoms with Crippen molar-refractivity contribution in [2.24, 2.45) is 11.8 Å². The van der Waals surface area contributed by atoms with Crippen molar-refractivity contribution in [1.29, 1.82) is 0 Å². The molecule has 1 N–H and O–H groups in total. The van der Waals surface area contributed by atoms with Gasteiger partial charge in [0.1, 0.15) is 0 Å². The molecule has 1 aromatic heterocycles. The zero-order valence-electron chi connectivity index (χ0n) is 12.9. The summed E-state index contributed by atoms with van der Waals surface area (Å²) in [6, 6.07) is 2.95. The van der Waals surface area contributed by atoms with Crippen LogP contribution < -0.4 is 5.32 Å². The largest absolute Gasteiger partial charge is 0.308 e. The molecule has 0 aromatic carbocycles. The third-order valence-electron chi connectivity index (χ3n) is 4.75. The van der Waals surface area contributed by atoms with Crippen LogP contribution >= 0.6 is 0 Å². The molecule has 0 radical (unpaired) electrons. The van der Waals surface area contributed by atoms with Crippen LogP contribution in [0.4, 0.5) is 0 Å². The van der Waals surface area contributed by atoms with Gasteiger partial charge in [0, 0.05) is 19.1 Å². The first-order chi connectivity index (χ1) is 9.13. The maximum Gasteiger partial charge on any atom is 0.0625 e. The summed E-state index contributed by atoms with van der Waals surface area (Å²) in [5.74, 6) is 1.75. The van der Waals surface area contributed by atoms with Gasteiger partial charge in [-0.2, -0.15) is 5.10 Å². The van der Waals surface area contributed by atoms with Gasteiger partial charge in [-0.3, -0.25) is 4.68 Å². The fourth-order valence-corrected chi connectivity index (χ4v) is 3.09. The van der Waals surface area contributed by atoms with E-state index < -0.39 is 0 Å². The second-order valence-electron chi connectivity index (χ2n) is 6.14. The Labute approximate surface area is 117 Å². The van der Waals surface area contributed by atoms with E-state index in [2.05, 4.69) is 48.9 Å². The number of rotatable bonds is 5. The van der Waals surface area contributed by atoms with Gasteiger partial charge in [0.25, 0.3) is 0 Å². The highest BCUT2D eigenvalue weighted by Crippen LogP contribution is 2.29. The van der Waals surface area contributed by atoms with Gasteiger partial charge in [-0.1, -0.05) is 20.8 Å². The van der Waals surface area contributed by atoms with Gasteiger partial charge in [0.05, 0.1) is 11.4 Å². The van der Waals surface area contributed by atoms with Crippen LogP contribution in [-0.4, -0.2) is 15.8 Å². The Morgan fingerprint density at radius 2 is 2.05 bits per heavy atom. The van der Waals surface area contributed by atoms with E-state index >= 15 is 0 Å². The first kappa shape index (κ1) is 14.6. The van der Waals surface area contributed by atoms with E-state index in [1.54, 1.807) is 0 Å². The highest BCUT2D eigenvalue weighted by atomic mass is 15.3. The Morgan fingerprint density at radius 3 is 2.68 bits per heavy atom. The first-order valence-electron chi connectivity index (χ1n) is 7.93. The van der Waals surface area contributed by atoms with Gasteiger partial charge in [-0.25, -0.2) is 0 Å². The summed E-state index contributed by atoms with van der Waals surface area (Å²) in [7, 11) is 0. The molecule has 19 heavy (non-hydrogen) atoms. The summed E-state index contributed by atoms with van der Waals surface area (Å²) in [4.78, 5) is 0. The maximum atomic E-state index is 4.61. The molecule has 1 aliphatic rings.